The van der Waals surface area contributed by atoms with Crippen LogP contribution in [0.1, 0.15) is 13.8 Å². The Balaban J connectivity index is 1.94. The summed E-state index contributed by atoms with van der Waals surface area (Å²) in [5, 5.41) is 15.9. The van der Waals surface area contributed by atoms with E-state index in [-0.39, 0.29) is 5.91 Å². The summed E-state index contributed by atoms with van der Waals surface area (Å²) in [6.07, 6.45) is 3.54. The van der Waals surface area contributed by atoms with Gasteiger partial charge in [0.05, 0.1) is 16.6 Å². The van der Waals surface area contributed by atoms with Crippen LogP contribution in [0.3, 0.4) is 0 Å². The number of hydrogen-bond acceptors (Lipinski definition) is 5. The Morgan fingerprint density at radius 2 is 2.08 bits per heavy atom. The zero-order chi connectivity index (χ0) is 18.5. The molecule has 1 amide bonds. The first-order valence-electron chi connectivity index (χ1n) is 8.23. The van der Waals surface area contributed by atoms with Crippen LogP contribution in [0.15, 0.2) is 36.7 Å². The maximum atomic E-state index is 12.2. The van der Waals surface area contributed by atoms with Gasteiger partial charge in [-0.25, -0.2) is 4.98 Å². The Labute approximate surface area is 149 Å². The molecule has 8 nitrogen and oxygen atoms in total. The second-order valence-corrected chi connectivity index (χ2v) is 6.66. The summed E-state index contributed by atoms with van der Waals surface area (Å²) in [6.45, 7) is 3.61. The number of carbonyl (C=O) groups excluding carboxylic acids is 1. The van der Waals surface area contributed by atoms with Gasteiger partial charge in [0, 0.05) is 30.4 Å². The molecule has 0 fully saturated rings. The Kier molecular flexibility index (Phi) is 3.43. The Morgan fingerprint density at radius 3 is 2.77 bits per heavy atom. The molecule has 0 atom stereocenters. The van der Waals surface area contributed by atoms with Crippen molar-refractivity contribution in [2.24, 2.45) is 0 Å². The van der Waals surface area contributed by atoms with Crippen molar-refractivity contribution in [2.75, 3.05) is 12.8 Å². The van der Waals surface area contributed by atoms with E-state index in [4.69, 9.17) is 5.73 Å². The molecule has 0 saturated carbocycles. The number of nitrogens with zero attached hydrogens (tertiary/aromatic N) is 4. The fourth-order valence-corrected chi connectivity index (χ4v) is 3.05. The van der Waals surface area contributed by atoms with Crippen molar-refractivity contribution in [3.05, 3.63) is 36.7 Å². The number of hydrogen-bond donors (Lipinski definition) is 3. The average molecular weight is 349 g/mol. The number of nitrogens with two attached hydrogens (primary N) is 1. The normalized spacial score (nSPS) is 12.0. The Bertz CT molecular complexity index is 1130. The average Bonchev–Trinajstić information content (AvgIpc) is 3.30. The first-order chi connectivity index (χ1) is 12.4. The highest BCUT2D eigenvalue weighted by Gasteiger charge is 2.30. The van der Waals surface area contributed by atoms with Crippen molar-refractivity contribution in [1.82, 2.24) is 30.3 Å². The number of carbonyl (C=O) groups is 1. The lowest BCUT2D eigenvalue weighted by Crippen LogP contribution is -2.43. The molecular weight excluding hydrogens is 330 g/mol. The number of aromatic amines is 1. The molecule has 0 saturated heterocycles. The minimum Gasteiger partial charge on any atom is -0.383 e. The predicted octanol–water partition coefficient (Wildman–Crippen LogP) is 2.04. The van der Waals surface area contributed by atoms with Crippen molar-refractivity contribution in [2.45, 2.75) is 19.4 Å². The van der Waals surface area contributed by atoms with E-state index in [0.717, 1.165) is 33.1 Å². The lowest BCUT2D eigenvalue weighted by Gasteiger charge is -2.22. The minimum atomic E-state index is -0.846. The summed E-state index contributed by atoms with van der Waals surface area (Å²) < 4.78 is 1.63. The molecule has 0 aliphatic rings. The maximum absolute atomic E-state index is 12.2. The van der Waals surface area contributed by atoms with Crippen LogP contribution in [0.2, 0.25) is 0 Å². The highest BCUT2D eigenvalue weighted by Crippen LogP contribution is 2.31. The van der Waals surface area contributed by atoms with Gasteiger partial charge in [0.25, 0.3) is 0 Å². The fraction of sp³-hybridized carbons (Fsp3) is 0.222. The van der Waals surface area contributed by atoms with E-state index in [1.54, 1.807) is 38.0 Å². The van der Waals surface area contributed by atoms with Crippen LogP contribution in [0.5, 0.6) is 0 Å². The molecule has 0 aliphatic heterocycles. The summed E-state index contributed by atoms with van der Waals surface area (Å²) in [4.78, 5) is 16.7. The lowest BCUT2D eigenvalue weighted by atomic mass is 10.1. The molecule has 0 unspecified atom stereocenters. The molecule has 0 radical (unpaired) electrons. The number of nitrogens with one attached hydrogen (secondary N) is 2. The largest absolute Gasteiger partial charge is 0.383 e. The maximum Gasteiger partial charge on any atom is 0.247 e. The SMILES string of the molecule is CNC(=O)C(C)(C)n1cc2c(N)nc3cc(-c4cc[nH]n4)ccc3c2n1. The van der Waals surface area contributed by atoms with Crippen LogP contribution in [0, 0.1) is 0 Å². The van der Waals surface area contributed by atoms with Crippen LogP contribution in [-0.2, 0) is 10.3 Å². The van der Waals surface area contributed by atoms with Gasteiger partial charge < -0.3 is 11.1 Å². The summed E-state index contributed by atoms with van der Waals surface area (Å²) in [5.74, 6) is 0.243. The molecule has 4 rings (SSSR count). The molecule has 4 N–H and O–H groups in total. The number of likely N-dealkylation sites (N-methyl/N-ethyl adjacent to an activating group) is 1. The van der Waals surface area contributed by atoms with Gasteiger partial charge in [0.1, 0.15) is 16.9 Å². The third-order valence-electron chi connectivity index (χ3n) is 4.64. The highest BCUT2D eigenvalue weighted by molar-refractivity contribution is 6.08. The Hall–Kier alpha value is -3.42. The smallest absolute Gasteiger partial charge is 0.247 e. The van der Waals surface area contributed by atoms with E-state index >= 15 is 0 Å². The van der Waals surface area contributed by atoms with Gasteiger partial charge in [0.15, 0.2) is 0 Å². The second-order valence-electron chi connectivity index (χ2n) is 6.66. The van der Waals surface area contributed by atoms with Gasteiger partial charge in [-0.1, -0.05) is 6.07 Å². The molecule has 1 aromatic carbocycles. The van der Waals surface area contributed by atoms with E-state index in [1.165, 1.54) is 0 Å². The molecule has 0 aliphatic carbocycles. The second kappa shape index (κ2) is 5.55. The van der Waals surface area contributed by atoms with Gasteiger partial charge in [-0.3, -0.25) is 14.6 Å². The fourth-order valence-electron chi connectivity index (χ4n) is 3.05. The van der Waals surface area contributed by atoms with E-state index in [1.807, 2.05) is 24.3 Å². The van der Waals surface area contributed by atoms with E-state index in [2.05, 4.69) is 25.6 Å². The predicted molar refractivity (Wildman–Crippen MR) is 100 cm³/mol. The third kappa shape index (κ3) is 2.30. The van der Waals surface area contributed by atoms with Crippen molar-refractivity contribution in [3.8, 4) is 11.3 Å². The van der Waals surface area contributed by atoms with Crippen molar-refractivity contribution in [1.29, 1.82) is 0 Å². The van der Waals surface area contributed by atoms with Crippen LogP contribution >= 0.6 is 0 Å². The van der Waals surface area contributed by atoms with Gasteiger partial charge in [-0.15, -0.1) is 0 Å². The molecule has 132 valence electrons. The van der Waals surface area contributed by atoms with Gasteiger partial charge in [-0.05, 0) is 32.0 Å². The number of pyridine rings is 1. The third-order valence-corrected chi connectivity index (χ3v) is 4.64. The van der Waals surface area contributed by atoms with Gasteiger partial charge in [-0.2, -0.15) is 10.2 Å². The molecule has 3 aromatic heterocycles. The summed E-state index contributed by atoms with van der Waals surface area (Å²) >= 11 is 0. The highest BCUT2D eigenvalue weighted by atomic mass is 16.2. The molecule has 4 aromatic rings. The van der Waals surface area contributed by atoms with E-state index in [0.29, 0.717) is 5.82 Å². The number of nitrogen functional groups attached to an aromatic ring is 1. The number of anilines is 1. The number of H-pyrrole nitrogens is 1. The quantitative estimate of drug-likeness (QED) is 0.523. The van der Waals surface area contributed by atoms with Gasteiger partial charge in [0.2, 0.25) is 5.91 Å². The first-order valence-corrected chi connectivity index (χ1v) is 8.23. The number of aromatic nitrogens is 5. The van der Waals surface area contributed by atoms with E-state index in [9.17, 15) is 4.79 Å². The van der Waals surface area contributed by atoms with Crippen LogP contribution in [-0.4, -0.2) is 37.9 Å². The first kappa shape index (κ1) is 16.1. The molecule has 3 heterocycles. The van der Waals surface area contributed by atoms with Crippen molar-refractivity contribution in [3.63, 3.8) is 0 Å². The lowest BCUT2D eigenvalue weighted by molar-refractivity contribution is -0.128. The summed E-state index contributed by atoms with van der Waals surface area (Å²) in [6, 6.07) is 7.75. The van der Waals surface area contributed by atoms with Crippen molar-refractivity contribution >= 4 is 33.5 Å². The monoisotopic (exact) mass is 349 g/mol. The van der Waals surface area contributed by atoms with E-state index < -0.39 is 5.54 Å². The minimum absolute atomic E-state index is 0.137. The van der Waals surface area contributed by atoms with Crippen LogP contribution in [0.4, 0.5) is 5.82 Å². The molecule has 0 spiro atoms. The number of amides is 1. The zero-order valence-electron chi connectivity index (χ0n) is 14.7. The standard InChI is InChI=1S/C18H19N7O/c1-18(2,17(26)20-3)25-9-12-15(24-25)11-5-4-10(13-6-7-21-23-13)8-14(11)22-16(12)19/h4-9H,1-3H3,(H2,19,22)(H,20,26)(H,21,23). The number of benzene rings is 1. The summed E-state index contributed by atoms with van der Waals surface area (Å²) in [5.41, 5.74) is 8.55. The number of rotatable bonds is 3. The van der Waals surface area contributed by atoms with Crippen LogP contribution < -0.4 is 11.1 Å². The number of fused-ring (bicyclic) bond motifs is 3. The topological polar surface area (TPSA) is 115 Å². The molecule has 26 heavy (non-hydrogen) atoms. The Morgan fingerprint density at radius 1 is 1.27 bits per heavy atom. The van der Waals surface area contributed by atoms with Crippen molar-refractivity contribution < 1.29 is 4.79 Å². The summed E-state index contributed by atoms with van der Waals surface area (Å²) in [7, 11) is 1.61. The van der Waals surface area contributed by atoms with Gasteiger partial charge >= 0.3 is 0 Å². The van der Waals surface area contributed by atoms with Crippen LogP contribution in [0.25, 0.3) is 33.1 Å². The molecular formula is C18H19N7O. The molecule has 8 heteroatoms. The zero-order valence-corrected chi connectivity index (χ0v) is 14.7. The molecule has 0 bridgehead atoms.